The Kier molecular flexibility index (Phi) is 5.49. The highest BCUT2D eigenvalue weighted by Crippen LogP contribution is 2.32. The van der Waals surface area contributed by atoms with E-state index >= 15 is 0 Å². The lowest BCUT2D eigenvalue weighted by Crippen LogP contribution is -2.46. The fourth-order valence-corrected chi connectivity index (χ4v) is 3.04. The lowest BCUT2D eigenvalue weighted by molar-refractivity contribution is -0.113. The van der Waals surface area contributed by atoms with Crippen LogP contribution in [0.3, 0.4) is 0 Å². The third kappa shape index (κ3) is 3.75. The van der Waals surface area contributed by atoms with Gasteiger partial charge < -0.3 is 25.4 Å². The molecule has 3 rings (SSSR count). The molecule has 2 aromatic rings. The molecule has 146 valence electrons. The van der Waals surface area contributed by atoms with Crippen molar-refractivity contribution < 1.29 is 23.5 Å². The highest BCUT2D eigenvalue weighted by atomic mass is 19.1. The molecular weight excluding hydrogens is 365 g/mol. The van der Waals surface area contributed by atoms with Gasteiger partial charge in [-0.3, -0.25) is 4.79 Å². The Morgan fingerprint density at radius 2 is 1.89 bits per heavy atom. The average Bonchev–Trinajstić information content (AvgIpc) is 2.67. The number of benzene rings is 2. The topological polar surface area (TPSA) is 88.7 Å². The second-order valence-corrected chi connectivity index (χ2v) is 6.11. The summed E-state index contributed by atoms with van der Waals surface area (Å²) in [6, 6.07) is 9.50. The number of hydrogen-bond acceptors (Lipinski definition) is 4. The van der Waals surface area contributed by atoms with E-state index in [0.717, 1.165) is 0 Å². The summed E-state index contributed by atoms with van der Waals surface area (Å²) >= 11 is 0. The van der Waals surface area contributed by atoms with Crippen LogP contribution in [0, 0.1) is 5.82 Å². The highest BCUT2D eigenvalue weighted by Gasteiger charge is 2.33. The summed E-state index contributed by atoms with van der Waals surface area (Å²) in [5, 5.41) is 7.92. The largest absolute Gasteiger partial charge is 0.497 e. The van der Waals surface area contributed by atoms with E-state index in [-0.39, 0.29) is 11.1 Å². The average molecular weight is 385 g/mol. The number of rotatable bonds is 5. The molecule has 0 spiro atoms. The molecule has 1 heterocycles. The van der Waals surface area contributed by atoms with E-state index in [1.807, 2.05) is 0 Å². The summed E-state index contributed by atoms with van der Waals surface area (Å²) < 4.78 is 24.8. The quantitative estimate of drug-likeness (QED) is 0.738. The molecule has 0 unspecified atom stereocenters. The first kappa shape index (κ1) is 19.2. The summed E-state index contributed by atoms with van der Waals surface area (Å²) in [5.74, 6) is -0.0678. The van der Waals surface area contributed by atoms with E-state index in [1.54, 1.807) is 37.3 Å². The summed E-state index contributed by atoms with van der Waals surface area (Å²) in [5.41, 5.74) is 1.10. The second-order valence-electron chi connectivity index (χ2n) is 6.11. The van der Waals surface area contributed by atoms with Crippen molar-refractivity contribution in [3.8, 4) is 11.5 Å². The molecule has 0 fully saturated rings. The van der Waals surface area contributed by atoms with Crippen molar-refractivity contribution >= 4 is 17.6 Å². The Labute approximate surface area is 161 Å². The minimum Gasteiger partial charge on any atom is -0.497 e. The Morgan fingerprint density at radius 3 is 2.57 bits per heavy atom. The molecule has 2 aromatic carbocycles. The smallest absolute Gasteiger partial charge is 0.319 e. The number of methoxy groups -OCH3 is 2. The van der Waals surface area contributed by atoms with Gasteiger partial charge in [0.15, 0.2) is 0 Å². The Hall–Kier alpha value is -3.55. The van der Waals surface area contributed by atoms with Gasteiger partial charge >= 0.3 is 6.03 Å². The summed E-state index contributed by atoms with van der Waals surface area (Å²) in [6.07, 6.45) is 0. The van der Waals surface area contributed by atoms with E-state index < -0.39 is 23.8 Å². The molecule has 0 bridgehead atoms. The number of hydrogen-bond donors (Lipinski definition) is 3. The molecule has 0 radical (unpaired) electrons. The van der Waals surface area contributed by atoms with E-state index in [4.69, 9.17) is 9.47 Å². The van der Waals surface area contributed by atoms with Crippen LogP contribution in [0.5, 0.6) is 11.5 Å². The monoisotopic (exact) mass is 385 g/mol. The van der Waals surface area contributed by atoms with Gasteiger partial charge in [0.25, 0.3) is 5.91 Å². The maximum atomic E-state index is 14.3. The first-order valence-corrected chi connectivity index (χ1v) is 8.50. The number of urea groups is 1. The zero-order valence-electron chi connectivity index (χ0n) is 15.6. The van der Waals surface area contributed by atoms with Crippen LogP contribution in [0.4, 0.5) is 14.9 Å². The van der Waals surface area contributed by atoms with Crippen molar-refractivity contribution in [2.75, 3.05) is 19.5 Å². The highest BCUT2D eigenvalue weighted by molar-refractivity contribution is 6.07. The lowest BCUT2D eigenvalue weighted by Gasteiger charge is -2.29. The van der Waals surface area contributed by atoms with Crippen molar-refractivity contribution in [1.82, 2.24) is 10.6 Å². The van der Waals surface area contributed by atoms with Gasteiger partial charge in [0.2, 0.25) is 0 Å². The Balaban J connectivity index is 2.00. The Bertz CT molecular complexity index is 958. The van der Waals surface area contributed by atoms with Crippen LogP contribution in [0.15, 0.2) is 53.7 Å². The fraction of sp³-hybridized carbons (Fsp3) is 0.200. The number of nitrogens with one attached hydrogen (secondary N) is 3. The zero-order valence-corrected chi connectivity index (χ0v) is 15.6. The molecule has 7 nitrogen and oxygen atoms in total. The molecule has 0 aromatic heterocycles. The van der Waals surface area contributed by atoms with Crippen LogP contribution in [0.2, 0.25) is 0 Å². The summed E-state index contributed by atoms with van der Waals surface area (Å²) in [4.78, 5) is 25.0. The number of ether oxygens (including phenoxy) is 2. The number of carbonyl (C=O) groups excluding carboxylic acids is 2. The normalized spacial score (nSPS) is 16.1. The van der Waals surface area contributed by atoms with Crippen LogP contribution >= 0.6 is 0 Å². The van der Waals surface area contributed by atoms with Crippen LogP contribution in [-0.2, 0) is 4.79 Å². The van der Waals surface area contributed by atoms with Crippen molar-refractivity contribution in [2.24, 2.45) is 0 Å². The maximum Gasteiger partial charge on any atom is 0.319 e. The first-order chi connectivity index (χ1) is 13.4. The maximum absolute atomic E-state index is 14.3. The standard InChI is InChI=1S/C20H20FN3O4/c1-11-17(18(24-20(26)22-11)13-6-4-5-7-14(13)21)19(25)23-15-10-12(27-2)8-9-16(15)28-3/h4-10,18H,1-3H3,(H,23,25)(H2,22,24,26)/t18-/m0/s1. The molecule has 0 aliphatic carbocycles. The molecule has 28 heavy (non-hydrogen) atoms. The van der Waals surface area contributed by atoms with Gasteiger partial charge in [0.1, 0.15) is 17.3 Å². The van der Waals surface area contributed by atoms with Gasteiger partial charge in [-0.05, 0) is 25.1 Å². The third-order valence-electron chi connectivity index (χ3n) is 4.38. The molecule has 3 amide bonds. The van der Waals surface area contributed by atoms with Crippen molar-refractivity contribution in [1.29, 1.82) is 0 Å². The van der Waals surface area contributed by atoms with E-state index in [0.29, 0.717) is 22.9 Å². The molecule has 0 saturated carbocycles. The summed E-state index contributed by atoms with van der Waals surface area (Å²) in [7, 11) is 2.99. The molecule has 0 saturated heterocycles. The molecule has 1 aliphatic heterocycles. The van der Waals surface area contributed by atoms with E-state index in [9.17, 15) is 14.0 Å². The third-order valence-corrected chi connectivity index (χ3v) is 4.38. The predicted octanol–water partition coefficient (Wildman–Crippen LogP) is 3.11. The van der Waals surface area contributed by atoms with E-state index in [2.05, 4.69) is 16.0 Å². The van der Waals surface area contributed by atoms with Gasteiger partial charge in [-0.2, -0.15) is 0 Å². The number of allylic oxidation sites excluding steroid dienone is 1. The first-order valence-electron chi connectivity index (χ1n) is 8.50. The van der Waals surface area contributed by atoms with Crippen LogP contribution in [0.1, 0.15) is 18.5 Å². The van der Waals surface area contributed by atoms with Gasteiger partial charge in [0, 0.05) is 17.3 Å². The number of halogens is 1. The number of carbonyl (C=O) groups is 2. The Morgan fingerprint density at radius 1 is 1.14 bits per heavy atom. The van der Waals surface area contributed by atoms with Crippen molar-refractivity contribution in [2.45, 2.75) is 13.0 Å². The minimum absolute atomic E-state index is 0.189. The van der Waals surface area contributed by atoms with Crippen LogP contribution < -0.4 is 25.4 Å². The van der Waals surface area contributed by atoms with Crippen molar-refractivity contribution in [3.63, 3.8) is 0 Å². The van der Waals surface area contributed by atoms with Gasteiger partial charge in [-0.25, -0.2) is 9.18 Å². The van der Waals surface area contributed by atoms with Crippen molar-refractivity contribution in [3.05, 3.63) is 65.1 Å². The summed E-state index contributed by atoms with van der Waals surface area (Å²) in [6.45, 7) is 1.59. The number of anilines is 1. The number of amides is 3. The molecule has 1 aliphatic rings. The fourth-order valence-electron chi connectivity index (χ4n) is 3.04. The molecular formula is C20H20FN3O4. The molecule has 8 heteroatoms. The van der Waals surface area contributed by atoms with Gasteiger partial charge in [-0.15, -0.1) is 0 Å². The minimum atomic E-state index is -0.938. The van der Waals surface area contributed by atoms with Crippen LogP contribution in [0.25, 0.3) is 0 Å². The zero-order chi connectivity index (χ0) is 20.3. The van der Waals surface area contributed by atoms with Crippen LogP contribution in [-0.4, -0.2) is 26.2 Å². The molecule has 1 atom stereocenters. The SMILES string of the molecule is COc1ccc(OC)c(NC(=O)C2=C(C)NC(=O)N[C@H]2c2ccccc2F)c1. The predicted molar refractivity (Wildman–Crippen MR) is 102 cm³/mol. The second kappa shape index (κ2) is 7.99. The van der Waals surface area contributed by atoms with Gasteiger partial charge in [-0.1, -0.05) is 18.2 Å². The molecule has 3 N–H and O–H groups in total. The lowest BCUT2D eigenvalue weighted by atomic mass is 9.94. The van der Waals surface area contributed by atoms with E-state index in [1.165, 1.54) is 26.4 Å². The van der Waals surface area contributed by atoms with Gasteiger partial charge in [0.05, 0.1) is 31.5 Å².